The van der Waals surface area contributed by atoms with Crippen molar-refractivity contribution in [2.24, 2.45) is 0 Å². The van der Waals surface area contributed by atoms with Crippen LogP contribution in [0.4, 0.5) is 0 Å². The summed E-state index contributed by atoms with van der Waals surface area (Å²) < 4.78 is 2.63. The van der Waals surface area contributed by atoms with Crippen LogP contribution in [0, 0.1) is 0 Å². The van der Waals surface area contributed by atoms with Crippen LogP contribution in [0.1, 0.15) is 94.7 Å². The number of nitrogens with zero attached hydrogens (tertiary/aromatic N) is 1. The molecule has 0 spiro atoms. The van der Waals surface area contributed by atoms with Gasteiger partial charge in [0.2, 0.25) is 0 Å². The second-order valence-corrected chi connectivity index (χ2v) is 15.5. The van der Waals surface area contributed by atoms with E-state index in [0.29, 0.717) is 5.92 Å². The Balaban J connectivity index is 0.00000190. The number of fused-ring (bicyclic) bond motifs is 1. The van der Waals surface area contributed by atoms with Gasteiger partial charge in [-0.05, 0) is 104 Å². The van der Waals surface area contributed by atoms with Gasteiger partial charge in [0.1, 0.15) is 0 Å². The van der Waals surface area contributed by atoms with Crippen molar-refractivity contribution >= 4 is 27.4 Å². The maximum Gasteiger partial charge on any atom is 0.0582 e. The highest BCUT2D eigenvalue weighted by atomic mass is 15.0. The molecule has 1 heteroatoms. The van der Waals surface area contributed by atoms with Crippen LogP contribution in [-0.4, -0.2) is 4.57 Å². The number of aromatic nitrogens is 1. The number of hydrogen-bond donors (Lipinski definition) is 0. The highest BCUT2D eigenvalue weighted by Crippen LogP contribution is 2.56. The highest BCUT2D eigenvalue weighted by molar-refractivity contribution is 6.15. The Labute approximate surface area is 310 Å². The molecule has 258 valence electrons. The lowest BCUT2D eigenvalue weighted by Gasteiger charge is -2.42. The minimum absolute atomic E-state index is 0.150. The first-order chi connectivity index (χ1) is 25.1. The van der Waals surface area contributed by atoms with Crippen molar-refractivity contribution in [3.05, 3.63) is 179 Å². The molecule has 0 amide bonds. The Kier molecular flexibility index (Phi) is 8.22. The number of hydrogen-bond acceptors (Lipinski definition) is 0. The molecule has 0 fully saturated rings. The Morgan fingerprint density at radius 1 is 0.558 bits per heavy atom. The van der Waals surface area contributed by atoms with E-state index in [0.717, 1.165) is 0 Å². The summed E-state index contributed by atoms with van der Waals surface area (Å²) in [6.45, 7) is 18.2. The van der Waals surface area contributed by atoms with Crippen molar-refractivity contribution in [3.63, 3.8) is 0 Å². The molecule has 1 aromatic heterocycles. The quantitative estimate of drug-likeness (QED) is 0.155. The summed E-state index contributed by atoms with van der Waals surface area (Å²) >= 11 is 0. The molecule has 2 aliphatic rings. The van der Waals surface area contributed by atoms with E-state index in [1.807, 2.05) is 13.8 Å². The second-order valence-electron chi connectivity index (χ2n) is 15.5. The minimum Gasteiger partial charge on any atom is -0.308 e. The van der Waals surface area contributed by atoms with E-state index >= 15 is 0 Å². The smallest absolute Gasteiger partial charge is 0.0582 e. The van der Waals surface area contributed by atoms with Crippen molar-refractivity contribution in [1.82, 2.24) is 4.57 Å². The molecule has 0 saturated heterocycles. The van der Waals surface area contributed by atoms with Crippen LogP contribution in [0.25, 0.3) is 55.3 Å². The van der Waals surface area contributed by atoms with Gasteiger partial charge in [-0.2, -0.15) is 0 Å². The van der Waals surface area contributed by atoms with E-state index in [2.05, 4.69) is 192 Å². The highest BCUT2D eigenvalue weighted by Gasteiger charge is 2.43. The third-order valence-electron chi connectivity index (χ3n) is 11.7. The zero-order valence-corrected chi connectivity index (χ0v) is 31.9. The Hall–Kier alpha value is -5.40. The SMILES string of the molecule is C/C(=C\C=C/C(C)c1ccccc1)c1cc2c3c(c1)c1cc(-c4cccc(-c5ccccc5)c4)cc4c1n3-c1c(cccc1C4(C)C)C2(C)C.CC. The molecule has 0 bridgehead atoms. The van der Waals surface area contributed by atoms with Gasteiger partial charge in [0.15, 0.2) is 0 Å². The predicted octanol–water partition coefficient (Wildman–Crippen LogP) is 14.2. The number of rotatable bonds is 6. The molecule has 0 aliphatic carbocycles. The van der Waals surface area contributed by atoms with Gasteiger partial charge in [-0.25, -0.2) is 0 Å². The molecule has 6 aromatic carbocycles. The molecule has 2 aliphatic heterocycles. The summed E-state index contributed by atoms with van der Waals surface area (Å²) in [6.07, 6.45) is 6.84. The van der Waals surface area contributed by atoms with Crippen molar-refractivity contribution in [2.75, 3.05) is 0 Å². The average Bonchev–Trinajstić information content (AvgIpc) is 3.51. The summed E-state index contributed by atoms with van der Waals surface area (Å²) in [4.78, 5) is 0. The van der Waals surface area contributed by atoms with E-state index in [1.165, 1.54) is 88.7 Å². The molecule has 1 atom stereocenters. The van der Waals surface area contributed by atoms with Crippen LogP contribution >= 0.6 is 0 Å². The molecule has 52 heavy (non-hydrogen) atoms. The first kappa shape index (κ1) is 33.7. The van der Waals surface area contributed by atoms with E-state index in [4.69, 9.17) is 0 Å². The fourth-order valence-electron chi connectivity index (χ4n) is 8.77. The summed E-state index contributed by atoms with van der Waals surface area (Å²) in [5.74, 6) is 0.355. The standard InChI is InChI=1S/C49H43N.C2H6/c1-31(33-18-9-7-10-19-33)16-13-17-32(2)37-27-39-40-28-38(36-23-14-22-35(26-36)34-20-11-8-12-21-34)30-44-46(40)50-45(39)43(29-37)48(3,4)41-24-15-25-42(47(41)50)49(44,5)6;1-2/h7-31H,1-6H3;1-2H3/b16-13-,32-17+;. The van der Waals surface area contributed by atoms with Crippen LogP contribution in [0.15, 0.2) is 146 Å². The maximum absolute atomic E-state index is 2.63. The van der Waals surface area contributed by atoms with Gasteiger partial charge in [-0.15, -0.1) is 0 Å². The molecule has 9 rings (SSSR count). The van der Waals surface area contributed by atoms with Crippen molar-refractivity contribution < 1.29 is 0 Å². The van der Waals surface area contributed by atoms with Crippen molar-refractivity contribution in [2.45, 2.75) is 72.1 Å². The Bertz CT molecular complexity index is 2540. The third-order valence-corrected chi connectivity index (χ3v) is 11.7. The largest absolute Gasteiger partial charge is 0.308 e. The van der Waals surface area contributed by atoms with E-state index in [-0.39, 0.29) is 10.8 Å². The Morgan fingerprint density at radius 2 is 1.10 bits per heavy atom. The lowest BCUT2D eigenvalue weighted by atomic mass is 9.68. The number of benzene rings is 6. The van der Waals surface area contributed by atoms with Gasteiger partial charge in [0.25, 0.3) is 0 Å². The lowest BCUT2D eigenvalue weighted by Crippen LogP contribution is -2.33. The first-order valence-electron chi connectivity index (χ1n) is 19.0. The molecule has 1 nitrogen and oxygen atoms in total. The van der Waals surface area contributed by atoms with Crippen LogP contribution in [0.2, 0.25) is 0 Å². The monoisotopic (exact) mass is 675 g/mol. The zero-order chi connectivity index (χ0) is 36.4. The van der Waals surface area contributed by atoms with Crippen LogP contribution in [0.3, 0.4) is 0 Å². The molecule has 0 N–H and O–H groups in total. The summed E-state index contributed by atoms with van der Waals surface area (Å²) in [5.41, 5.74) is 18.3. The summed E-state index contributed by atoms with van der Waals surface area (Å²) in [5, 5.41) is 2.68. The Morgan fingerprint density at radius 3 is 1.75 bits per heavy atom. The maximum atomic E-state index is 2.63. The lowest BCUT2D eigenvalue weighted by molar-refractivity contribution is 0.593. The van der Waals surface area contributed by atoms with Crippen LogP contribution in [0.5, 0.6) is 0 Å². The molecular weight excluding hydrogens is 627 g/mol. The number of allylic oxidation sites excluding steroid dienone is 4. The van der Waals surface area contributed by atoms with Crippen LogP contribution < -0.4 is 0 Å². The fraction of sp³-hybridized carbons (Fsp3) is 0.216. The minimum atomic E-state index is -0.159. The van der Waals surface area contributed by atoms with Crippen LogP contribution in [-0.2, 0) is 10.8 Å². The molecular formula is C51H49N. The molecule has 1 unspecified atom stereocenters. The predicted molar refractivity (Wildman–Crippen MR) is 225 cm³/mol. The molecule has 3 heterocycles. The van der Waals surface area contributed by atoms with Gasteiger partial charge in [0.05, 0.1) is 16.7 Å². The second kappa shape index (κ2) is 12.7. The van der Waals surface area contributed by atoms with Gasteiger partial charge in [-0.3, -0.25) is 0 Å². The normalized spacial score (nSPS) is 15.6. The summed E-state index contributed by atoms with van der Waals surface area (Å²) in [7, 11) is 0. The van der Waals surface area contributed by atoms with Gasteiger partial charge in [-0.1, -0.05) is 164 Å². The third kappa shape index (κ3) is 5.13. The number of para-hydroxylation sites is 1. The first-order valence-corrected chi connectivity index (χ1v) is 19.0. The van der Waals surface area contributed by atoms with Gasteiger partial charge in [0, 0.05) is 21.6 Å². The summed E-state index contributed by atoms with van der Waals surface area (Å²) in [6, 6.07) is 47.4. The van der Waals surface area contributed by atoms with E-state index < -0.39 is 0 Å². The molecule has 0 radical (unpaired) electrons. The molecule has 7 aromatic rings. The van der Waals surface area contributed by atoms with Gasteiger partial charge < -0.3 is 4.57 Å². The fourth-order valence-corrected chi connectivity index (χ4v) is 8.77. The van der Waals surface area contributed by atoms with Crippen molar-refractivity contribution in [3.8, 4) is 27.9 Å². The van der Waals surface area contributed by atoms with E-state index in [9.17, 15) is 0 Å². The zero-order valence-electron chi connectivity index (χ0n) is 31.9. The average molecular weight is 676 g/mol. The molecule has 0 saturated carbocycles. The topological polar surface area (TPSA) is 4.93 Å². The van der Waals surface area contributed by atoms with E-state index in [1.54, 1.807) is 0 Å². The van der Waals surface area contributed by atoms with Gasteiger partial charge >= 0.3 is 0 Å². The van der Waals surface area contributed by atoms with Crippen molar-refractivity contribution in [1.29, 1.82) is 0 Å².